The number of aliphatic hydroxyl groups is 1. The van der Waals surface area contributed by atoms with Gasteiger partial charge in [0.15, 0.2) is 0 Å². The van der Waals surface area contributed by atoms with E-state index in [1.807, 2.05) is 24.4 Å². The van der Waals surface area contributed by atoms with Crippen LogP contribution in [0.3, 0.4) is 0 Å². The lowest BCUT2D eigenvalue weighted by molar-refractivity contribution is 0.227. The van der Waals surface area contributed by atoms with Crippen molar-refractivity contribution in [3.63, 3.8) is 0 Å². The Labute approximate surface area is 127 Å². The number of hydrogen-bond acceptors (Lipinski definition) is 5. The number of aliphatic hydroxyl groups excluding tert-OH is 1. The maximum Gasteiger partial charge on any atom is 0.315 e. The van der Waals surface area contributed by atoms with E-state index < -0.39 is 0 Å². The second-order valence-electron chi connectivity index (χ2n) is 4.57. The van der Waals surface area contributed by atoms with Crippen LogP contribution in [-0.4, -0.2) is 28.8 Å². The summed E-state index contributed by atoms with van der Waals surface area (Å²) in [6.07, 6.45) is 2.87. The first kappa shape index (κ1) is 15.5. The van der Waals surface area contributed by atoms with Gasteiger partial charge in [-0.25, -0.2) is 9.78 Å². The summed E-state index contributed by atoms with van der Waals surface area (Å²) in [5, 5.41) is 16.4. The normalized spacial score (nSPS) is 12.1. The number of aromatic nitrogens is 1. The Balaban J connectivity index is 1.81. The third-order valence-electron chi connectivity index (χ3n) is 3.02. The summed E-state index contributed by atoms with van der Waals surface area (Å²) in [5.74, 6) is 0.564. The van der Waals surface area contributed by atoms with Gasteiger partial charge in [0.1, 0.15) is 6.26 Å². The van der Waals surface area contributed by atoms with Crippen LogP contribution >= 0.6 is 11.3 Å². The van der Waals surface area contributed by atoms with Gasteiger partial charge in [-0.3, -0.25) is 0 Å². The molecule has 21 heavy (non-hydrogen) atoms. The van der Waals surface area contributed by atoms with Gasteiger partial charge in [0.25, 0.3) is 0 Å². The number of nitrogens with one attached hydrogen (secondary N) is 2. The molecule has 0 aliphatic carbocycles. The first-order valence-electron chi connectivity index (χ1n) is 6.86. The Morgan fingerprint density at radius 3 is 3.10 bits per heavy atom. The zero-order chi connectivity index (χ0) is 15.1. The lowest BCUT2D eigenvalue weighted by atomic mass is 10.2. The highest BCUT2D eigenvalue weighted by Crippen LogP contribution is 2.23. The van der Waals surface area contributed by atoms with Crippen LogP contribution in [0.1, 0.15) is 25.5 Å². The zero-order valence-electron chi connectivity index (χ0n) is 11.8. The van der Waals surface area contributed by atoms with Gasteiger partial charge in [-0.2, -0.15) is 0 Å². The molecule has 2 aromatic rings. The van der Waals surface area contributed by atoms with Gasteiger partial charge < -0.3 is 20.2 Å². The summed E-state index contributed by atoms with van der Waals surface area (Å²) in [4.78, 5) is 17.0. The number of rotatable bonds is 7. The minimum atomic E-state index is -0.268. The molecule has 114 valence electrons. The first-order valence-corrected chi connectivity index (χ1v) is 7.74. The maximum absolute atomic E-state index is 11.7. The van der Waals surface area contributed by atoms with Crippen molar-refractivity contribution in [2.45, 2.75) is 32.4 Å². The predicted molar refractivity (Wildman–Crippen MR) is 81.0 cm³/mol. The summed E-state index contributed by atoms with van der Waals surface area (Å²) < 4.78 is 5.38. The molecule has 0 spiro atoms. The van der Waals surface area contributed by atoms with E-state index in [0.717, 1.165) is 11.3 Å². The first-order chi connectivity index (χ1) is 10.2. The maximum atomic E-state index is 11.7. The number of oxazole rings is 1. The van der Waals surface area contributed by atoms with E-state index in [2.05, 4.69) is 15.6 Å². The Kier molecular flexibility index (Phi) is 5.77. The molecule has 2 rings (SSSR count). The van der Waals surface area contributed by atoms with Crippen molar-refractivity contribution >= 4 is 17.4 Å². The van der Waals surface area contributed by atoms with Crippen molar-refractivity contribution in [1.82, 2.24) is 15.6 Å². The monoisotopic (exact) mass is 309 g/mol. The van der Waals surface area contributed by atoms with Crippen LogP contribution in [0.5, 0.6) is 0 Å². The van der Waals surface area contributed by atoms with E-state index in [0.29, 0.717) is 24.6 Å². The summed E-state index contributed by atoms with van der Waals surface area (Å²) in [7, 11) is 0. The molecular formula is C14H19N3O3S. The van der Waals surface area contributed by atoms with Gasteiger partial charge in [0, 0.05) is 12.6 Å². The van der Waals surface area contributed by atoms with Gasteiger partial charge in [-0.05, 0) is 24.3 Å². The van der Waals surface area contributed by atoms with E-state index >= 15 is 0 Å². The number of urea groups is 1. The van der Waals surface area contributed by atoms with Crippen molar-refractivity contribution in [2.75, 3.05) is 6.61 Å². The molecule has 0 aliphatic rings. The molecule has 0 fully saturated rings. The predicted octanol–water partition coefficient (Wildman–Crippen LogP) is 2.36. The summed E-state index contributed by atoms with van der Waals surface area (Å²) >= 11 is 1.55. The Bertz CT molecular complexity index is 554. The third-order valence-corrected chi connectivity index (χ3v) is 3.88. The number of nitrogens with zero attached hydrogens (tertiary/aromatic N) is 1. The molecule has 0 bridgehead atoms. The fourth-order valence-electron chi connectivity index (χ4n) is 1.84. The van der Waals surface area contributed by atoms with Crippen LogP contribution in [0.4, 0.5) is 4.79 Å². The molecule has 1 atom stereocenters. The summed E-state index contributed by atoms with van der Waals surface area (Å²) in [6.45, 7) is 2.33. The van der Waals surface area contributed by atoms with Crippen LogP contribution in [0.15, 0.2) is 28.2 Å². The molecule has 0 aliphatic heterocycles. The SMILES string of the molecule is CCC(CCO)NC(=O)NCc1coc(-c2cccs2)n1. The highest BCUT2D eigenvalue weighted by Gasteiger charge is 2.11. The van der Waals surface area contributed by atoms with Gasteiger partial charge >= 0.3 is 6.03 Å². The Morgan fingerprint density at radius 1 is 1.57 bits per heavy atom. The van der Waals surface area contributed by atoms with Gasteiger partial charge in [-0.1, -0.05) is 13.0 Å². The minimum absolute atomic E-state index is 0.0195. The molecule has 0 aromatic carbocycles. The van der Waals surface area contributed by atoms with Crippen LogP contribution in [-0.2, 0) is 6.54 Å². The van der Waals surface area contributed by atoms with E-state index in [4.69, 9.17) is 9.52 Å². The van der Waals surface area contributed by atoms with Crippen LogP contribution < -0.4 is 10.6 Å². The fraction of sp³-hybridized carbons (Fsp3) is 0.429. The smallest absolute Gasteiger partial charge is 0.315 e. The number of thiophene rings is 1. The molecule has 2 heterocycles. The number of carbonyl (C=O) groups is 1. The topological polar surface area (TPSA) is 87.4 Å². The lowest BCUT2D eigenvalue weighted by Crippen LogP contribution is -2.41. The zero-order valence-corrected chi connectivity index (χ0v) is 12.7. The molecule has 6 nitrogen and oxygen atoms in total. The molecular weight excluding hydrogens is 290 g/mol. The highest BCUT2D eigenvalue weighted by molar-refractivity contribution is 7.13. The second kappa shape index (κ2) is 7.80. The fourth-order valence-corrected chi connectivity index (χ4v) is 2.50. The lowest BCUT2D eigenvalue weighted by Gasteiger charge is -2.15. The van der Waals surface area contributed by atoms with Crippen molar-refractivity contribution in [1.29, 1.82) is 0 Å². The van der Waals surface area contributed by atoms with Crippen molar-refractivity contribution in [3.8, 4) is 10.8 Å². The quantitative estimate of drug-likeness (QED) is 0.732. The van der Waals surface area contributed by atoms with E-state index in [-0.39, 0.29) is 18.7 Å². The average Bonchev–Trinajstić information content (AvgIpc) is 3.15. The number of hydrogen-bond donors (Lipinski definition) is 3. The third kappa shape index (κ3) is 4.57. The van der Waals surface area contributed by atoms with Crippen molar-refractivity contribution < 1.29 is 14.3 Å². The summed E-state index contributed by atoms with van der Waals surface area (Å²) in [6, 6.07) is 3.58. The Morgan fingerprint density at radius 2 is 2.43 bits per heavy atom. The molecule has 0 saturated heterocycles. The molecule has 1 unspecified atom stereocenters. The molecule has 2 amide bonds. The minimum Gasteiger partial charge on any atom is -0.443 e. The van der Waals surface area contributed by atoms with Crippen LogP contribution in [0.25, 0.3) is 10.8 Å². The van der Waals surface area contributed by atoms with Crippen LogP contribution in [0, 0.1) is 0 Å². The van der Waals surface area contributed by atoms with E-state index in [9.17, 15) is 4.79 Å². The van der Waals surface area contributed by atoms with Crippen molar-refractivity contribution in [2.24, 2.45) is 0 Å². The highest BCUT2D eigenvalue weighted by atomic mass is 32.1. The van der Waals surface area contributed by atoms with Crippen LogP contribution in [0.2, 0.25) is 0 Å². The van der Waals surface area contributed by atoms with Gasteiger partial charge in [0.05, 0.1) is 17.1 Å². The van der Waals surface area contributed by atoms with Gasteiger partial charge in [-0.15, -0.1) is 11.3 Å². The summed E-state index contributed by atoms with van der Waals surface area (Å²) in [5.41, 5.74) is 0.670. The standard InChI is InChI=1S/C14H19N3O3S/c1-2-10(5-6-18)17-14(19)15-8-11-9-20-13(16-11)12-4-3-7-21-12/h3-4,7,9-10,18H,2,5-6,8H2,1H3,(H2,15,17,19). The van der Waals surface area contributed by atoms with Crippen molar-refractivity contribution in [3.05, 3.63) is 29.5 Å². The number of amides is 2. The van der Waals surface area contributed by atoms with E-state index in [1.165, 1.54) is 0 Å². The average molecular weight is 309 g/mol. The largest absolute Gasteiger partial charge is 0.443 e. The molecule has 3 N–H and O–H groups in total. The van der Waals surface area contributed by atoms with Gasteiger partial charge in [0.2, 0.25) is 5.89 Å². The Hall–Kier alpha value is -1.86. The number of carbonyl (C=O) groups excluding carboxylic acids is 1. The second-order valence-corrected chi connectivity index (χ2v) is 5.51. The molecule has 0 radical (unpaired) electrons. The van der Waals surface area contributed by atoms with E-state index in [1.54, 1.807) is 17.6 Å². The molecule has 0 saturated carbocycles. The molecule has 7 heteroatoms. The molecule has 2 aromatic heterocycles.